The van der Waals surface area contributed by atoms with Crippen molar-refractivity contribution in [1.29, 1.82) is 0 Å². The lowest BCUT2D eigenvalue weighted by Gasteiger charge is -2.41. The van der Waals surface area contributed by atoms with Gasteiger partial charge in [0.15, 0.2) is 15.4 Å². The summed E-state index contributed by atoms with van der Waals surface area (Å²) in [6.45, 7) is 3.94. The van der Waals surface area contributed by atoms with Crippen LogP contribution in [0.5, 0.6) is 5.75 Å². The number of sulfone groups is 1. The molecule has 2 fully saturated rings. The molecule has 1 aromatic rings. The van der Waals surface area contributed by atoms with Crippen molar-refractivity contribution in [2.24, 2.45) is 0 Å². The summed E-state index contributed by atoms with van der Waals surface area (Å²) in [5.41, 5.74) is 0.232. The van der Waals surface area contributed by atoms with Crippen LogP contribution in [0.15, 0.2) is 24.3 Å². The Bertz CT molecular complexity index is 680. The fourth-order valence-electron chi connectivity index (χ4n) is 3.23. The standard InChI is InChI=1S/C17H24N2O4S/c1-14-2-4-15(5-3-14)23-17(6-8-18-9-7-17)16(20)19-10-12-24(21,22)13-11-19/h2-5,18H,6-13H2,1H3. The van der Waals surface area contributed by atoms with Gasteiger partial charge in [0.25, 0.3) is 5.91 Å². The zero-order chi connectivity index (χ0) is 17.2. The lowest BCUT2D eigenvalue weighted by atomic mass is 9.90. The van der Waals surface area contributed by atoms with Crippen LogP contribution >= 0.6 is 0 Å². The zero-order valence-corrected chi connectivity index (χ0v) is 14.8. The van der Waals surface area contributed by atoms with Crippen molar-refractivity contribution in [3.05, 3.63) is 29.8 Å². The Kier molecular flexibility index (Phi) is 4.83. The summed E-state index contributed by atoms with van der Waals surface area (Å²) < 4.78 is 29.4. The number of carbonyl (C=O) groups is 1. The van der Waals surface area contributed by atoms with Gasteiger partial charge in [0, 0.05) is 25.9 Å². The minimum Gasteiger partial charge on any atom is -0.477 e. The summed E-state index contributed by atoms with van der Waals surface area (Å²) in [5.74, 6) is 0.676. The number of hydrogen-bond acceptors (Lipinski definition) is 5. The summed E-state index contributed by atoms with van der Waals surface area (Å²) >= 11 is 0. The van der Waals surface area contributed by atoms with Gasteiger partial charge in [0.1, 0.15) is 5.75 Å². The van der Waals surface area contributed by atoms with Gasteiger partial charge in [-0.05, 0) is 32.1 Å². The first-order chi connectivity index (χ1) is 11.4. The average molecular weight is 352 g/mol. The normalized spacial score (nSPS) is 22.8. The van der Waals surface area contributed by atoms with Gasteiger partial charge in [-0.3, -0.25) is 4.79 Å². The summed E-state index contributed by atoms with van der Waals surface area (Å²) in [6, 6.07) is 7.68. The number of ether oxygens (including phenoxy) is 1. The van der Waals surface area contributed by atoms with E-state index in [0.717, 1.165) is 5.56 Å². The van der Waals surface area contributed by atoms with E-state index < -0.39 is 15.4 Å². The predicted molar refractivity (Wildman–Crippen MR) is 91.9 cm³/mol. The van der Waals surface area contributed by atoms with Crippen LogP contribution in [0.4, 0.5) is 0 Å². The second-order valence-electron chi connectivity index (χ2n) is 6.60. The SMILES string of the molecule is Cc1ccc(OC2(C(=O)N3CCS(=O)(=O)CC3)CCNCC2)cc1. The van der Waals surface area contributed by atoms with E-state index in [9.17, 15) is 13.2 Å². The maximum Gasteiger partial charge on any atom is 0.266 e. The molecular weight excluding hydrogens is 328 g/mol. The van der Waals surface area contributed by atoms with Gasteiger partial charge in [-0.15, -0.1) is 0 Å². The molecule has 0 radical (unpaired) electrons. The lowest BCUT2D eigenvalue weighted by Crippen LogP contribution is -2.59. The van der Waals surface area contributed by atoms with Gasteiger partial charge in [0.05, 0.1) is 11.5 Å². The molecule has 7 heteroatoms. The van der Waals surface area contributed by atoms with E-state index in [4.69, 9.17) is 4.74 Å². The molecule has 0 spiro atoms. The van der Waals surface area contributed by atoms with E-state index in [1.807, 2.05) is 31.2 Å². The number of nitrogens with one attached hydrogen (secondary N) is 1. The Balaban J connectivity index is 1.80. The highest BCUT2D eigenvalue weighted by Gasteiger charge is 2.45. The Morgan fingerprint density at radius 2 is 1.71 bits per heavy atom. The van der Waals surface area contributed by atoms with Crippen molar-refractivity contribution in [3.63, 3.8) is 0 Å². The first-order valence-corrected chi connectivity index (χ1v) is 10.2. The molecule has 0 aliphatic carbocycles. The van der Waals surface area contributed by atoms with Crippen LogP contribution in [0, 0.1) is 6.92 Å². The maximum atomic E-state index is 13.1. The predicted octanol–water partition coefficient (Wildman–Crippen LogP) is 0.753. The van der Waals surface area contributed by atoms with Crippen LogP contribution in [0.2, 0.25) is 0 Å². The Morgan fingerprint density at radius 1 is 1.12 bits per heavy atom. The van der Waals surface area contributed by atoms with Gasteiger partial charge in [0.2, 0.25) is 0 Å². The number of hydrogen-bond donors (Lipinski definition) is 1. The summed E-state index contributed by atoms with van der Waals surface area (Å²) in [7, 11) is -3.01. The molecule has 132 valence electrons. The van der Waals surface area contributed by atoms with Crippen LogP contribution in [0.25, 0.3) is 0 Å². The van der Waals surface area contributed by atoms with Gasteiger partial charge in [-0.25, -0.2) is 8.42 Å². The van der Waals surface area contributed by atoms with Crippen molar-refractivity contribution in [2.75, 3.05) is 37.7 Å². The molecular formula is C17H24N2O4S. The van der Waals surface area contributed by atoms with Gasteiger partial charge < -0.3 is 15.0 Å². The third-order valence-corrected chi connectivity index (χ3v) is 6.38. The number of rotatable bonds is 3. The third-order valence-electron chi connectivity index (χ3n) is 4.77. The topological polar surface area (TPSA) is 75.7 Å². The molecule has 0 atom stereocenters. The van der Waals surface area contributed by atoms with Crippen LogP contribution < -0.4 is 10.1 Å². The summed E-state index contributed by atoms with van der Waals surface area (Å²) in [5, 5.41) is 3.26. The molecule has 0 unspecified atom stereocenters. The van der Waals surface area contributed by atoms with Crippen molar-refractivity contribution in [1.82, 2.24) is 10.2 Å². The highest BCUT2D eigenvalue weighted by molar-refractivity contribution is 7.91. The molecule has 1 N–H and O–H groups in total. The van der Waals surface area contributed by atoms with E-state index in [2.05, 4.69) is 5.32 Å². The van der Waals surface area contributed by atoms with E-state index in [1.165, 1.54) is 0 Å². The number of aryl methyl sites for hydroxylation is 1. The average Bonchev–Trinajstić information content (AvgIpc) is 2.57. The van der Waals surface area contributed by atoms with Crippen molar-refractivity contribution >= 4 is 15.7 Å². The van der Waals surface area contributed by atoms with E-state index >= 15 is 0 Å². The molecule has 0 saturated carbocycles. The Morgan fingerprint density at radius 3 is 2.29 bits per heavy atom. The number of benzene rings is 1. The second kappa shape index (κ2) is 6.72. The molecule has 2 heterocycles. The molecule has 6 nitrogen and oxygen atoms in total. The van der Waals surface area contributed by atoms with Crippen molar-refractivity contribution in [2.45, 2.75) is 25.4 Å². The molecule has 1 amide bonds. The van der Waals surface area contributed by atoms with Gasteiger partial charge >= 0.3 is 0 Å². The fourth-order valence-corrected chi connectivity index (χ4v) is 4.43. The molecule has 2 aliphatic heterocycles. The highest BCUT2D eigenvalue weighted by atomic mass is 32.2. The minimum absolute atomic E-state index is 0.0393. The minimum atomic E-state index is -3.01. The number of nitrogens with zero attached hydrogens (tertiary/aromatic N) is 1. The molecule has 1 aromatic carbocycles. The van der Waals surface area contributed by atoms with E-state index in [-0.39, 0.29) is 30.5 Å². The van der Waals surface area contributed by atoms with E-state index in [0.29, 0.717) is 31.7 Å². The maximum absolute atomic E-state index is 13.1. The largest absolute Gasteiger partial charge is 0.477 e. The quantitative estimate of drug-likeness (QED) is 0.869. The van der Waals surface area contributed by atoms with Gasteiger partial charge in [-0.2, -0.15) is 0 Å². The number of carbonyl (C=O) groups excluding carboxylic acids is 1. The molecule has 0 aromatic heterocycles. The molecule has 3 rings (SSSR count). The number of piperidine rings is 1. The van der Waals surface area contributed by atoms with Crippen LogP contribution in [-0.4, -0.2) is 62.5 Å². The second-order valence-corrected chi connectivity index (χ2v) is 8.91. The van der Waals surface area contributed by atoms with Crippen LogP contribution in [-0.2, 0) is 14.6 Å². The third kappa shape index (κ3) is 3.72. The highest BCUT2D eigenvalue weighted by Crippen LogP contribution is 2.29. The van der Waals surface area contributed by atoms with Crippen molar-refractivity contribution in [3.8, 4) is 5.75 Å². The monoisotopic (exact) mass is 352 g/mol. The Labute approximate surface area is 143 Å². The molecule has 2 saturated heterocycles. The lowest BCUT2D eigenvalue weighted by molar-refractivity contribution is -0.150. The van der Waals surface area contributed by atoms with Crippen LogP contribution in [0.3, 0.4) is 0 Å². The molecule has 2 aliphatic rings. The fraction of sp³-hybridized carbons (Fsp3) is 0.588. The zero-order valence-electron chi connectivity index (χ0n) is 14.0. The summed E-state index contributed by atoms with van der Waals surface area (Å²) in [4.78, 5) is 14.8. The van der Waals surface area contributed by atoms with Crippen LogP contribution in [0.1, 0.15) is 18.4 Å². The van der Waals surface area contributed by atoms with Crippen molar-refractivity contribution < 1.29 is 17.9 Å². The Hall–Kier alpha value is -1.60. The first-order valence-electron chi connectivity index (χ1n) is 8.36. The molecule has 24 heavy (non-hydrogen) atoms. The smallest absolute Gasteiger partial charge is 0.266 e. The summed E-state index contributed by atoms with van der Waals surface area (Å²) in [6.07, 6.45) is 1.17. The van der Waals surface area contributed by atoms with E-state index in [1.54, 1.807) is 4.90 Å². The number of amides is 1. The molecule has 0 bridgehead atoms. The van der Waals surface area contributed by atoms with Gasteiger partial charge in [-0.1, -0.05) is 17.7 Å². The first kappa shape index (κ1) is 17.2.